The topological polar surface area (TPSA) is 78.5 Å². The summed E-state index contributed by atoms with van der Waals surface area (Å²) in [5, 5.41) is 5.48. The third-order valence-corrected chi connectivity index (χ3v) is 5.68. The fourth-order valence-electron chi connectivity index (χ4n) is 2.67. The first-order chi connectivity index (χ1) is 11.2. The summed E-state index contributed by atoms with van der Waals surface area (Å²) < 4.78 is 27.2. The summed E-state index contributed by atoms with van der Waals surface area (Å²) in [4.78, 5) is 12.2. The van der Waals surface area contributed by atoms with E-state index < -0.39 is 10.0 Å². The van der Waals surface area contributed by atoms with E-state index in [9.17, 15) is 13.2 Å². The van der Waals surface area contributed by atoms with Gasteiger partial charge < -0.3 is 10.6 Å². The number of urea groups is 1. The lowest BCUT2D eigenvalue weighted by Gasteiger charge is -2.22. The second-order valence-corrected chi connectivity index (χ2v) is 9.11. The molecule has 24 heavy (non-hydrogen) atoms. The van der Waals surface area contributed by atoms with Gasteiger partial charge in [0.1, 0.15) is 0 Å². The van der Waals surface area contributed by atoms with Gasteiger partial charge in [0.15, 0.2) is 0 Å². The molecule has 0 saturated carbocycles. The Hall–Kier alpha value is -1.60. The Morgan fingerprint density at radius 1 is 1.08 bits per heavy atom. The van der Waals surface area contributed by atoms with Gasteiger partial charge in [-0.3, -0.25) is 0 Å². The van der Waals surface area contributed by atoms with Gasteiger partial charge in [0, 0.05) is 24.3 Å². The highest BCUT2D eigenvalue weighted by atomic mass is 32.2. The number of benzene rings is 1. The van der Waals surface area contributed by atoms with E-state index in [4.69, 9.17) is 0 Å². The molecule has 1 fully saturated rings. The van der Waals surface area contributed by atoms with Crippen LogP contribution in [-0.2, 0) is 10.0 Å². The first-order valence-electron chi connectivity index (χ1n) is 8.38. The summed E-state index contributed by atoms with van der Waals surface area (Å²) in [5.74, 6) is 0. The smallest absolute Gasteiger partial charge is 0.319 e. The van der Waals surface area contributed by atoms with Crippen LogP contribution in [0, 0.1) is 0 Å². The van der Waals surface area contributed by atoms with E-state index in [1.54, 1.807) is 22.5 Å². The number of hydrogen-bond acceptors (Lipinski definition) is 3. The molecule has 0 aromatic heterocycles. The summed E-state index contributed by atoms with van der Waals surface area (Å²) in [6.45, 7) is 6.77. The van der Waals surface area contributed by atoms with Crippen molar-refractivity contribution in [1.29, 1.82) is 0 Å². The van der Waals surface area contributed by atoms with Crippen LogP contribution in [-0.4, -0.2) is 37.4 Å². The first-order valence-corrected chi connectivity index (χ1v) is 9.82. The molecular weight excluding hydrogens is 326 g/mol. The zero-order chi connectivity index (χ0) is 17.8. The minimum absolute atomic E-state index is 0.220. The molecule has 1 saturated heterocycles. The maximum atomic E-state index is 12.8. The summed E-state index contributed by atoms with van der Waals surface area (Å²) >= 11 is 0. The van der Waals surface area contributed by atoms with Crippen molar-refractivity contribution in [1.82, 2.24) is 9.62 Å². The van der Waals surface area contributed by atoms with Gasteiger partial charge in [0.25, 0.3) is 0 Å². The van der Waals surface area contributed by atoms with E-state index in [2.05, 4.69) is 10.6 Å². The monoisotopic (exact) mass is 353 g/mol. The van der Waals surface area contributed by atoms with Crippen molar-refractivity contribution < 1.29 is 13.2 Å². The lowest BCUT2D eigenvalue weighted by Crippen LogP contribution is -2.43. The van der Waals surface area contributed by atoms with E-state index in [1.165, 1.54) is 6.07 Å². The zero-order valence-corrected chi connectivity index (χ0v) is 15.4. The Morgan fingerprint density at radius 2 is 1.71 bits per heavy atom. The van der Waals surface area contributed by atoms with Gasteiger partial charge in [-0.25, -0.2) is 13.2 Å². The van der Waals surface area contributed by atoms with Crippen molar-refractivity contribution in [2.45, 2.75) is 56.9 Å². The van der Waals surface area contributed by atoms with Crippen LogP contribution >= 0.6 is 0 Å². The quantitative estimate of drug-likeness (QED) is 0.876. The molecule has 2 rings (SSSR count). The van der Waals surface area contributed by atoms with Gasteiger partial charge in [-0.2, -0.15) is 4.31 Å². The first kappa shape index (κ1) is 18.7. The van der Waals surface area contributed by atoms with Crippen LogP contribution in [0.25, 0.3) is 0 Å². The molecule has 0 atom stereocenters. The van der Waals surface area contributed by atoms with Crippen molar-refractivity contribution in [3.63, 3.8) is 0 Å². The Bertz CT molecular complexity index is 673. The van der Waals surface area contributed by atoms with Crippen LogP contribution in [0.5, 0.6) is 0 Å². The predicted octanol–water partition coefficient (Wildman–Crippen LogP) is 3.17. The number of anilines is 1. The van der Waals surface area contributed by atoms with Crippen molar-refractivity contribution in [3.05, 3.63) is 24.3 Å². The van der Waals surface area contributed by atoms with Crippen LogP contribution in [0.2, 0.25) is 0 Å². The maximum absolute atomic E-state index is 12.8. The van der Waals surface area contributed by atoms with Gasteiger partial charge in [0.2, 0.25) is 10.0 Å². The van der Waals surface area contributed by atoms with Gasteiger partial charge in [-0.1, -0.05) is 18.9 Å². The second kappa shape index (κ2) is 7.53. The molecule has 0 aliphatic carbocycles. The van der Waals surface area contributed by atoms with E-state index in [0.717, 1.165) is 25.7 Å². The molecule has 0 unspecified atom stereocenters. The van der Waals surface area contributed by atoms with Gasteiger partial charge in [-0.15, -0.1) is 0 Å². The van der Waals surface area contributed by atoms with Crippen molar-refractivity contribution in [2.24, 2.45) is 0 Å². The number of amides is 2. The van der Waals surface area contributed by atoms with E-state index in [1.807, 2.05) is 20.8 Å². The Kier molecular flexibility index (Phi) is 5.87. The van der Waals surface area contributed by atoms with Crippen LogP contribution < -0.4 is 10.6 Å². The minimum atomic E-state index is -3.52. The largest absolute Gasteiger partial charge is 0.333 e. The average Bonchev–Trinajstić information content (AvgIpc) is 2.75. The summed E-state index contributed by atoms with van der Waals surface area (Å²) in [7, 11) is -3.52. The molecule has 1 heterocycles. The predicted molar refractivity (Wildman–Crippen MR) is 95.6 cm³/mol. The molecule has 0 spiro atoms. The Balaban J connectivity index is 2.15. The second-order valence-electron chi connectivity index (χ2n) is 7.18. The highest BCUT2D eigenvalue weighted by Crippen LogP contribution is 2.22. The van der Waals surface area contributed by atoms with Gasteiger partial charge in [0.05, 0.1) is 4.90 Å². The summed E-state index contributed by atoms with van der Waals surface area (Å²) in [5.41, 5.74) is 0.104. The highest BCUT2D eigenvalue weighted by Gasteiger charge is 2.25. The maximum Gasteiger partial charge on any atom is 0.319 e. The van der Waals surface area contributed by atoms with Gasteiger partial charge >= 0.3 is 6.03 Å². The fourth-order valence-corrected chi connectivity index (χ4v) is 4.23. The van der Waals surface area contributed by atoms with Crippen LogP contribution in [0.1, 0.15) is 46.5 Å². The molecule has 7 heteroatoms. The van der Waals surface area contributed by atoms with Crippen molar-refractivity contribution in [3.8, 4) is 0 Å². The molecule has 1 aromatic carbocycles. The molecule has 1 aliphatic rings. The molecule has 1 aliphatic heterocycles. The molecule has 1 aromatic rings. The number of carbonyl (C=O) groups excluding carboxylic acids is 1. The normalized spacial score (nSPS) is 17.1. The highest BCUT2D eigenvalue weighted by molar-refractivity contribution is 7.89. The molecule has 0 bridgehead atoms. The zero-order valence-electron chi connectivity index (χ0n) is 14.6. The summed E-state index contributed by atoms with van der Waals surface area (Å²) in [6, 6.07) is 6.07. The molecule has 134 valence electrons. The third kappa shape index (κ3) is 5.21. The number of carbonyl (C=O) groups is 1. The van der Waals surface area contributed by atoms with Gasteiger partial charge in [-0.05, 0) is 51.8 Å². The Morgan fingerprint density at radius 3 is 2.29 bits per heavy atom. The number of sulfonamides is 1. The fraction of sp³-hybridized carbons (Fsp3) is 0.588. The number of hydrogen-bond donors (Lipinski definition) is 2. The molecule has 6 nitrogen and oxygen atoms in total. The molecule has 2 amide bonds. The van der Waals surface area contributed by atoms with E-state index >= 15 is 0 Å². The average molecular weight is 353 g/mol. The van der Waals surface area contributed by atoms with E-state index in [-0.39, 0.29) is 16.5 Å². The lowest BCUT2D eigenvalue weighted by molar-refractivity contribution is 0.244. The lowest BCUT2D eigenvalue weighted by atomic mass is 10.1. The molecule has 2 N–H and O–H groups in total. The standard InChI is InChI=1S/C17H27N3O3S/c1-17(2,3)19-16(21)18-14-9-8-10-15(13-14)24(22,23)20-11-6-4-5-7-12-20/h8-10,13H,4-7,11-12H2,1-3H3,(H2,18,19,21). The number of nitrogens with zero attached hydrogens (tertiary/aromatic N) is 1. The SMILES string of the molecule is CC(C)(C)NC(=O)Nc1cccc(S(=O)(=O)N2CCCCCC2)c1. The van der Waals surface area contributed by atoms with E-state index in [0.29, 0.717) is 18.8 Å². The summed E-state index contributed by atoms with van der Waals surface area (Å²) in [6.07, 6.45) is 3.93. The Labute approximate surface area is 144 Å². The third-order valence-electron chi connectivity index (χ3n) is 3.78. The number of rotatable bonds is 3. The van der Waals surface area contributed by atoms with Crippen LogP contribution in [0.4, 0.5) is 10.5 Å². The van der Waals surface area contributed by atoms with Crippen LogP contribution in [0.3, 0.4) is 0 Å². The van der Waals surface area contributed by atoms with Crippen molar-refractivity contribution in [2.75, 3.05) is 18.4 Å². The minimum Gasteiger partial charge on any atom is -0.333 e. The molecular formula is C17H27N3O3S. The number of nitrogens with one attached hydrogen (secondary N) is 2. The van der Waals surface area contributed by atoms with Crippen molar-refractivity contribution >= 4 is 21.7 Å². The van der Waals surface area contributed by atoms with Crippen LogP contribution in [0.15, 0.2) is 29.2 Å². The molecule has 0 radical (unpaired) electrons.